The van der Waals surface area contributed by atoms with Crippen LogP contribution in [0, 0.1) is 25.7 Å². The van der Waals surface area contributed by atoms with Crippen LogP contribution in [-0.2, 0) is 25.7 Å². The van der Waals surface area contributed by atoms with Crippen LogP contribution in [0.2, 0.25) is 0 Å². The highest BCUT2D eigenvalue weighted by atomic mass is 32.1. The smallest absolute Gasteiger partial charge is 0.155 e. The Bertz CT molecular complexity index is 4350. The molecule has 0 saturated heterocycles. The molecular weight excluding hydrogens is 1610 g/mol. The van der Waals surface area contributed by atoms with Crippen LogP contribution in [0.15, 0.2) is 45.7 Å². The fourth-order valence-corrected chi connectivity index (χ4v) is 26.4. The lowest BCUT2D eigenvalue weighted by molar-refractivity contribution is 0.316. The summed E-state index contributed by atoms with van der Waals surface area (Å²) in [4.78, 5) is 24.1. The molecule has 0 saturated carbocycles. The number of thiazole rings is 2. The lowest BCUT2D eigenvalue weighted by Crippen LogP contribution is -2.05. The van der Waals surface area contributed by atoms with E-state index in [1.165, 1.54) is 472 Å². The number of nitrogens with zero attached hydrogens (tertiary/aromatic N) is 6. The van der Waals surface area contributed by atoms with Crippen LogP contribution < -0.4 is 0 Å². The van der Waals surface area contributed by atoms with E-state index in [1.54, 1.807) is 0 Å². The van der Waals surface area contributed by atoms with Gasteiger partial charge in [-0.25, -0.2) is 19.2 Å². The average Bonchev–Trinajstić information content (AvgIpc) is 1.54. The summed E-state index contributed by atoms with van der Waals surface area (Å²) < 4.78 is 11.9. The van der Waals surface area contributed by atoms with Crippen molar-refractivity contribution in [2.75, 3.05) is 0 Å². The molecule has 0 aliphatic carbocycles. The molecule has 0 amide bonds. The third-order valence-electron chi connectivity index (χ3n) is 27.0. The second kappa shape index (κ2) is 59.8. The van der Waals surface area contributed by atoms with Gasteiger partial charge in [-0.15, -0.1) is 45.3 Å². The van der Waals surface area contributed by atoms with E-state index in [2.05, 4.69) is 91.8 Å². The third kappa shape index (κ3) is 34.0. The van der Waals surface area contributed by atoms with Crippen LogP contribution in [-0.4, -0.2) is 30.6 Å². The van der Waals surface area contributed by atoms with E-state index in [0.29, 0.717) is 11.8 Å². The van der Waals surface area contributed by atoms with Crippen molar-refractivity contribution < 1.29 is 9.26 Å². The molecule has 0 fully saturated rings. The Kier molecular flexibility index (Phi) is 49.0. The maximum absolute atomic E-state index is 5.97. The molecule has 0 radical (unpaired) electrons. The Morgan fingerprint density at radius 1 is 0.254 bits per heavy atom. The molecule has 678 valence electrons. The third-order valence-corrected chi connectivity index (χ3v) is 34.2. The highest BCUT2D eigenvalue weighted by molar-refractivity contribution is 7.32. The molecule has 2 atom stereocenters. The van der Waals surface area contributed by atoms with Crippen LogP contribution in [0.1, 0.15) is 484 Å². The first-order valence-corrected chi connectivity index (χ1v) is 56.7. The van der Waals surface area contributed by atoms with E-state index in [0.717, 1.165) is 89.3 Å². The highest BCUT2D eigenvalue weighted by Gasteiger charge is 2.28. The topological polar surface area (TPSA) is 104 Å². The number of rotatable bonds is 75. The number of aryl methyl sites for hydroxylation is 4. The van der Waals surface area contributed by atoms with Gasteiger partial charge in [0.2, 0.25) is 0 Å². The highest BCUT2D eigenvalue weighted by Crippen LogP contribution is 2.51. The minimum Gasteiger partial charge on any atom is -0.243 e. The van der Waals surface area contributed by atoms with Crippen LogP contribution >= 0.6 is 68.0 Å². The minimum absolute atomic E-state index is 0.602. The first kappa shape index (κ1) is 100.0. The molecule has 0 bridgehead atoms. The van der Waals surface area contributed by atoms with Crippen molar-refractivity contribution in [2.24, 2.45) is 11.8 Å². The number of thiophene rings is 4. The minimum atomic E-state index is 0.602. The molecule has 14 heteroatoms. The first-order chi connectivity index (χ1) is 60.2. The Balaban J connectivity index is 0.960. The summed E-state index contributed by atoms with van der Waals surface area (Å²) in [6.07, 6.45) is 91.6. The molecule has 0 spiro atoms. The molecule has 122 heavy (non-hydrogen) atoms. The standard InChI is InChI=1S/C108H168N6O2S6/c1-9-15-21-27-33-39-43-45-49-55-61-67-73-87-75-83(7)117-103(87)105-109-107-108(121-105)110-106(122-107)104-88(74-68-62-56-50-46-44-40-34-28-22-16-10-2)78-97(120-104)102-90(77-86(71-65-58-52-38-32-26-20-14-6)72-66-60-54-48-42-36-30-24-18-12-4)80-96(119-102)94-82-92-91(99-101(94)114-116-112-99)81-93(100-98(92)111-115-113-100)95-79-89(84(8)118-95)76-85(69-63-57-51-37-31-25-19-13-5)70-64-59-53-47-41-35-29-23-17-11-3/h75,78-82,85-86H,9-74,76-77H2,1-8H3. The fraction of sp³-hybridized carbons (Fsp3) is 0.722. The molecule has 2 aromatic carbocycles. The SMILES string of the molecule is CCCCCCCCCCCCCCc1cc(C)sc1-c1nc2sc(-c3sc(-c4sc(-c5cc6c(cc(-c7cc(CC(CCCCCCCCCC)CCCCCCCCCCCC)c(C)s7)c7nonc76)c6nonc56)cc4CC(CCCCCCCCCC)CCCCCCCCCCCC)cc3CCCCCCCCCCCCCC)nc2s1. The van der Waals surface area contributed by atoms with E-state index in [1.807, 2.05) is 68.0 Å². The largest absolute Gasteiger partial charge is 0.243 e. The van der Waals surface area contributed by atoms with Crippen molar-refractivity contribution >= 4 is 111 Å². The Morgan fingerprint density at radius 2 is 0.533 bits per heavy atom. The molecular formula is C108H168N6O2S6. The lowest BCUT2D eigenvalue weighted by atomic mass is 9.88. The van der Waals surface area contributed by atoms with Gasteiger partial charge in [-0.05, 0) is 143 Å². The normalized spacial score (nSPS) is 12.6. The van der Waals surface area contributed by atoms with Gasteiger partial charge in [0.1, 0.15) is 32.1 Å². The van der Waals surface area contributed by atoms with Gasteiger partial charge in [-0.3, -0.25) is 0 Å². The molecule has 8 aromatic heterocycles. The number of hydrogen-bond acceptors (Lipinski definition) is 14. The Hall–Kier alpha value is -4.18. The molecule has 0 aliphatic heterocycles. The van der Waals surface area contributed by atoms with Crippen molar-refractivity contribution in [3.8, 4) is 50.4 Å². The van der Waals surface area contributed by atoms with Crippen LogP contribution in [0.4, 0.5) is 0 Å². The van der Waals surface area contributed by atoms with Crippen molar-refractivity contribution in [2.45, 2.75) is 492 Å². The van der Waals surface area contributed by atoms with Crippen LogP contribution in [0.3, 0.4) is 0 Å². The second-order valence-corrected chi connectivity index (χ2v) is 44.3. The zero-order valence-electron chi connectivity index (χ0n) is 78.7. The van der Waals surface area contributed by atoms with Gasteiger partial charge in [0, 0.05) is 51.2 Å². The van der Waals surface area contributed by atoms with Gasteiger partial charge in [-0.1, -0.05) is 462 Å². The van der Waals surface area contributed by atoms with Crippen LogP contribution in [0.5, 0.6) is 0 Å². The van der Waals surface area contributed by atoms with Gasteiger partial charge in [0.05, 0.1) is 9.75 Å². The maximum atomic E-state index is 5.97. The van der Waals surface area contributed by atoms with E-state index >= 15 is 0 Å². The van der Waals surface area contributed by atoms with Gasteiger partial charge in [0.25, 0.3) is 0 Å². The summed E-state index contributed by atoms with van der Waals surface area (Å²) in [5.41, 5.74) is 11.2. The van der Waals surface area contributed by atoms with Crippen molar-refractivity contribution in [1.82, 2.24) is 30.6 Å². The quantitative estimate of drug-likeness (QED) is 0.0347. The summed E-state index contributed by atoms with van der Waals surface area (Å²) in [6, 6.07) is 14.8. The molecule has 8 heterocycles. The summed E-state index contributed by atoms with van der Waals surface area (Å²) in [5, 5.41) is 23.7. The number of aromatic nitrogens is 6. The molecule has 0 aliphatic rings. The number of hydrogen-bond donors (Lipinski definition) is 0. The first-order valence-electron chi connectivity index (χ1n) is 51.8. The van der Waals surface area contributed by atoms with E-state index < -0.39 is 0 Å². The summed E-state index contributed by atoms with van der Waals surface area (Å²) in [7, 11) is 0. The zero-order valence-corrected chi connectivity index (χ0v) is 83.6. The predicted molar refractivity (Wildman–Crippen MR) is 543 cm³/mol. The van der Waals surface area contributed by atoms with Crippen molar-refractivity contribution in [3.63, 3.8) is 0 Å². The van der Waals surface area contributed by atoms with Gasteiger partial charge < -0.3 is 0 Å². The van der Waals surface area contributed by atoms with E-state index in [4.69, 9.17) is 39.9 Å². The number of fused-ring (bicyclic) bond motifs is 6. The fourth-order valence-electron chi connectivity index (χ4n) is 19.5. The molecule has 2 unspecified atom stereocenters. The second-order valence-electron chi connectivity index (χ2n) is 37.7. The van der Waals surface area contributed by atoms with Crippen molar-refractivity contribution in [3.05, 3.63) is 68.4 Å². The van der Waals surface area contributed by atoms with E-state index in [-0.39, 0.29) is 0 Å². The predicted octanol–water partition coefficient (Wildman–Crippen LogP) is 39.7. The Morgan fingerprint density at radius 3 is 0.893 bits per heavy atom. The van der Waals surface area contributed by atoms with Crippen molar-refractivity contribution in [1.29, 1.82) is 0 Å². The molecule has 10 aromatic rings. The molecule has 0 N–H and O–H groups in total. The summed E-state index contributed by atoms with van der Waals surface area (Å²) >= 11 is 11.5. The molecule has 8 nitrogen and oxygen atoms in total. The van der Waals surface area contributed by atoms with Crippen LogP contribution in [0.25, 0.3) is 92.9 Å². The van der Waals surface area contributed by atoms with Gasteiger partial charge in [0.15, 0.2) is 9.66 Å². The monoisotopic (exact) mass is 1770 g/mol. The average molecular weight is 1770 g/mol. The Labute approximate surface area is 766 Å². The maximum Gasteiger partial charge on any atom is 0.155 e. The summed E-state index contributed by atoms with van der Waals surface area (Å²) in [5.74, 6) is 1.30. The van der Waals surface area contributed by atoms with Gasteiger partial charge >= 0.3 is 0 Å². The van der Waals surface area contributed by atoms with Gasteiger partial charge in [-0.2, -0.15) is 0 Å². The molecule has 10 rings (SSSR count). The number of unbranched alkanes of at least 4 members (excludes halogenated alkanes) is 54. The number of benzene rings is 2. The zero-order chi connectivity index (χ0) is 85.2. The summed E-state index contributed by atoms with van der Waals surface area (Å²) in [6.45, 7) is 18.6. The lowest BCUT2D eigenvalue weighted by Gasteiger charge is -2.17. The van der Waals surface area contributed by atoms with E-state index in [9.17, 15) is 0 Å².